The minimum absolute atomic E-state index is 0.363. The molecule has 0 saturated carbocycles. The van der Waals surface area contributed by atoms with Gasteiger partial charge in [-0.3, -0.25) is 0 Å². The number of unbranched alkanes of at least 4 members (excludes halogenated alkanes) is 2. The molecule has 0 fully saturated rings. The fourth-order valence-corrected chi connectivity index (χ4v) is 1.58. The van der Waals surface area contributed by atoms with Gasteiger partial charge in [0.2, 0.25) is 0 Å². The molecule has 17 heavy (non-hydrogen) atoms. The molecule has 0 atom stereocenters. The Kier molecular flexibility index (Phi) is 6.74. The number of benzene rings is 1. The predicted molar refractivity (Wildman–Crippen MR) is 63.8 cm³/mol. The second-order valence-electron chi connectivity index (χ2n) is 3.97. The van der Waals surface area contributed by atoms with Gasteiger partial charge in [0.05, 0.1) is 0 Å². The number of halogens is 2. The molecule has 0 amide bonds. The summed E-state index contributed by atoms with van der Waals surface area (Å²) in [4.78, 5) is 0. The topological polar surface area (TPSA) is 21.3 Å². The summed E-state index contributed by atoms with van der Waals surface area (Å²) in [6.07, 6.45) is 3.12. The van der Waals surface area contributed by atoms with E-state index in [0.29, 0.717) is 12.1 Å². The second-order valence-corrected chi connectivity index (χ2v) is 3.97. The van der Waals surface area contributed by atoms with Crippen LogP contribution in [-0.2, 0) is 11.3 Å². The first-order valence-electron chi connectivity index (χ1n) is 5.87. The van der Waals surface area contributed by atoms with E-state index >= 15 is 0 Å². The Morgan fingerprint density at radius 2 is 2.00 bits per heavy atom. The standard InChI is InChI=1S/C13H19F2NO/c1-17-8-4-2-3-7-16-10-11-9-12(14)5-6-13(11)15/h5-6,9,16H,2-4,7-8,10H2,1H3. The van der Waals surface area contributed by atoms with Gasteiger partial charge in [-0.15, -0.1) is 0 Å². The van der Waals surface area contributed by atoms with E-state index in [1.165, 1.54) is 6.07 Å². The smallest absolute Gasteiger partial charge is 0.127 e. The molecular weight excluding hydrogens is 224 g/mol. The Balaban J connectivity index is 2.15. The highest BCUT2D eigenvalue weighted by Gasteiger charge is 2.02. The Labute approximate surface area is 101 Å². The van der Waals surface area contributed by atoms with Gasteiger partial charge < -0.3 is 10.1 Å². The third-order valence-electron chi connectivity index (χ3n) is 2.53. The molecule has 4 heteroatoms. The molecule has 0 aliphatic heterocycles. The van der Waals surface area contributed by atoms with E-state index in [1.54, 1.807) is 7.11 Å². The molecule has 0 aliphatic carbocycles. The molecule has 0 aliphatic rings. The zero-order valence-corrected chi connectivity index (χ0v) is 10.1. The van der Waals surface area contributed by atoms with E-state index in [9.17, 15) is 8.78 Å². The van der Waals surface area contributed by atoms with Gasteiger partial charge in [0.1, 0.15) is 11.6 Å². The molecule has 1 rings (SSSR count). The maximum absolute atomic E-state index is 13.2. The van der Waals surface area contributed by atoms with Crippen molar-refractivity contribution in [2.24, 2.45) is 0 Å². The molecule has 0 aromatic heterocycles. The number of ether oxygens (including phenoxy) is 1. The minimum Gasteiger partial charge on any atom is -0.385 e. The average molecular weight is 243 g/mol. The summed E-state index contributed by atoms with van der Waals surface area (Å²) in [5.74, 6) is -0.762. The van der Waals surface area contributed by atoms with Crippen LogP contribution >= 0.6 is 0 Å². The van der Waals surface area contributed by atoms with Crippen LogP contribution in [0, 0.1) is 11.6 Å². The normalized spacial score (nSPS) is 10.8. The van der Waals surface area contributed by atoms with E-state index in [1.807, 2.05) is 0 Å². The molecule has 0 bridgehead atoms. The lowest BCUT2D eigenvalue weighted by molar-refractivity contribution is 0.192. The number of methoxy groups -OCH3 is 1. The zero-order chi connectivity index (χ0) is 12.5. The first-order chi connectivity index (χ1) is 8.24. The molecule has 0 spiro atoms. The Hall–Kier alpha value is -1.00. The largest absolute Gasteiger partial charge is 0.385 e. The fourth-order valence-electron chi connectivity index (χ4n) is 1.58. The van der Waals surface area contributed by atoms with E-state index in [2.05, 4.69) is 5.32 Å². The SMILES string of the molecule is COCCCCCNCc1cc(F)ccc1F. The van der Waals surface area contributed by atoms with Crippen molar-refractivity contribution >= 4 is 0 Å². The van der Waals surface area contributed by atoms with Crippen molar-refractivity contribution in [3.05, 3.63) is 35.4 Å². The van der Waals surface area contributed by atoms with Crippen molar-refractivity contribution in [3.8, 4) is 0 Å². The van der Waals surface area contributed by atoms with Crippen molar-refractivity contribution in [2.45, 2.75) is 25.8 Å². The van der Waals surface area contributed by atoms with Gasteiger partial charge >= 0.3 is 0 Å². The lowest BCUT2D eigenvalue weighted by Gasteiger charge is -2.06. The highest BCUT2D eigenvalue weighted by atomic mass is 19.1. The summed E-state index contributed by atoms with van der Waals surface area (Å²) in [6.45, 7) is 1.95. The van der Waals surface area contributed by atoms with Crippen LogP contribution in [0.25, 0.3) is 0 Å². The van der Waals surface area contributed by atoms with Gasteiger partial charge in [0.25, 0.3) is 0 Å². The lowest BCUT2D eigenvalue weighted by Crippen LogP contribution is -2.15. The van der Waals surface area contributed by atoms with Crippen LogP contribution in [0.5, 0.6) is 0 Å². The monoisotopic (exact) mass is 243 g/mol. The van der Waals surface area contributed by atoms with Gasteiger partial charge in [0, 0.05) is 25.8 Å². The third kappa shape index (κ3) is 5.75. The summed E-state index contributed by atoms with van der Waals surface area (Å²) in [5, 5.41) is 3.10. The summed E-state index contributed by atoms with van der Waals surface area (Å²) in [7, 11) is 1.69. The first-order valence-corrected chi connectivity index (χ1v) is 5.87. The summed E-state index contributed by atoms with van der Waals surface area (Å²) in [5.41, 5.74) is 0.377. The van der Waals surface area contributed by atoms with Crippen molar-refractivity contribution in [1.82, 2.24) is 5.32 Å². The van der Waals surface area contributed by atoms with Crippen LogP contribution in [0.4, 0.5) is 8.78 Å². The van der Waals surface area contributed by atoms with E-state index < -0.39 is 5.82 Å². The highest BCUT2D eigenvalue weighted by Crippen LogP contribution is 2.09. The molecular formula is C13H19F2NO. The van der Waals surface area contributed by atoms with E-state index in [0.717, 1.165) is 44.5 Å². The molecule has 2 nitrogen and oxygen atoms in total. The molecule has 1 aromatic rings. The summed E-state index contributed by atoms with van der Waals surface area (Å²) < 4.78 is 31.0. The third-order valence-corrected chi connectivity index (χ3v) is 2.53. The van der Waals surface area contributed by atoms with Gasteiger partial charge in [-0.05, 0) is 44.0 Å². The van der Waals surface area contributed by atoms with Crippen molar-refractivity contribution in [1.29, 1.82) is 0 Å². The lowest BCUT2D eigenvalue weighted by atomic mass is 10.2. The van der Waals surface area contributed by atoms with Crippen LogP contribution in [0.1, 0.15) is 24.8 Å². The summed E-state index contributed by atoms with van der Waals surface area (Å²) >= 11 is 0. The second kappa shape index (κ2) is 8.14. The van der Waals surface area contributed by atoms with Crippen LogP contribution in [0.15, 0.2) is 18.2 Å². The highest BCUT2D eigenvalue weighted by molar-refractivity contribution is 5.18. The molecule has 1 aromatic carbocycles. The molecule has 0 radical (unpaired) electrons. The van der Waals surface area contributed by atoms with Gasteiger partial charge in [-0.1, -0.05) is 0 Å². The number of hydrogen-bond acceptors (Lipinski definition) is 2. The molecule has 0 unspecified atom stereocenters. The van der Waals surface area contributed by atoms with Crippen LogP contribution in [-0.4, -0.2) is 20.3 Å². The average Bonchev–Trinajstić information content (AvgIpc) is 2.32. The summed E-state index contributed by atoms with van der Waals surface area (Å²) in [6, 6.07) is 3.52. The Morgan fingerprint density at radius 3 is 2.76 bits per heavy atom. The van der Waals surface area contributed by atoms with E-state index in [4.69, 9.17) is 4.74 Å². The molecule has 0 saturated heterocycles. The van der Waals surface area contributed by atoms with Gasteiger partial charge in [-0.25, -0.2) is 8.78 Å². The van der Waals surface area contributed by atoms with Gasteiger partial charge in [-0.2, -0.15) is 0 Å². The number of hydrogen-bond donors (Lipinski definition) is 1. The molecule has 0 heterocycles. The van der Waals surface area contributed by atoms with Crippen molar-refractivity contribution in [3.63, 3.8) is 0 Å². The maximum Gasteiger partial charge on any atom is 0.127 e. The molecule has 96 valence electrons. The van der Waals surface area contributed by atoms with Crippen LogP contribution in [0.2, 0.25) is 0 Å². The van der Waals surface area contributed by atoms with Gasteiger partial charge in [0.15, 0.2) is 0 Å². The number of rotatable bonds is 8. The molecule has 1 N–H and O–H groups in total. The minimum atomic E-state index is -0.400. The van der Waals surface area contributed by atoms with Crippen LogP contribution < -0.4 is 5.32 Å². The number of nitrogens with one attached hydrogen (secondary N) is 1. The zero-order valence-electron chi connectivity index (χ0n) is 10.1. The Morgan fingerprint density at radius 1 is 1.18 bits per heavy atom. The quantitative estimate of drug-likeness (QED) is 0.709. The predicted octanol–water partition coefficient (Wildman–Crippen LogP) is 2.87. The van der Waals surface area contributed by atoms with Crippen molar-refractivity contribution in [2.75, 3.05) is 20.3 Å². The first kappa shape index (κ1) is 14.1. The fraction of sp³-hybridized carbons (Fsp3) is 0.538. The Bertz CT molecular complexity index is 331. The maximum atomic E-state index is 13.2. The van der Waals surface area contributed by atoms with Crippen molar-refractivity contribution < 1.29 is 13.5 Å². The van der Waals surface area contributed by atoms with Crippen LogP contribution in [0.3, 0.4) is 0 Å². The van der Waals surface area contributed by atoms with E-state index in [-0.39, 0.29) is 5.82 Å².